The van der Waals surface area contributed by atoms with Crippen molar-refractivity contribution >= 4 is 40.8 Å². The van der Waals surface area contributed by atoms with Gasteiger partial charge in [0.15, 0.2) is 0 Å². The van der Waals surface area contributed by atoms with Crippen molar-refractivity contribution in [2.45, 2.75) is 26.1 Å². The van der Waals surface area contributed by atoms with Gasteiger partial charge in [-0.25, -0.2) is 9.18 Å². The minimum Gasteiger partial charge on any atom is -0.345 e. The molecule has 2 aliphatic rings. The first-order chi connectivity index (χ1) is 13.8. The number of fused-ring (bicyclic) bond motifs is 1. The van der Waals surface area contributed by atoms with Crippen molar-refractivity contribution in [1.29, 1.82) is 0 Å². The minimum atomic E-state index is -0.570. The van der Waals surface area contributed by atoms with Crippen LogP contribution in [0.15, 0.2) is 24.4 Å². The molecule has 1 aromatic heterocycles. The molecule has 1 aromatic carbocycles. The fourth-order valence-corrected chi connectivity index (χ4v) is 3.61. The van der Waals surface area contributed by atoms with Gasteiger partial charge in [-0.2, -0.15) is 5.10 Å². The SMILES string of the molecule is CC1Cn2ncc(N3CC(=O)NCC3=O)c2CN1C(=O)Nc1ccc(F)c(Cl)c1. The molecule has 3 heterocycles. The van der Waals surface area contributed by atoms with Crippen LogP contribution >= 0.6 is 11.6 Å². The summed E-state index contributed by atoms with van der Waals surface area (Å²) in [5.41, 5.74) is 1.55. The van der Waals surface area contributed by atoms with Crippen LogP contribution in [0.3, 0.4) is 0 Å². The molecule has 11 heteroatoms. The number of nitrogens with zero attached hydrogens (tertiary/aromatic N) is 4. The number of piperazine rings is 1. The third-order valence-electron chi connectivity index (χ3n) is 4.98. The summed E-state index contributed by atoms with van der Waals surface area (Å²) in [5, 5.41) is 9.44. The van der Waals surface area contributed by atoms with E-state index in [-0.39, 0.29) is 48.5 Å². The standard InChI is InChI=1S/C18H18ClFN6O3/c1-10-7-26-15(14(5-22-26)25-9-16(27)21-6-17(25)28)8-24(10)18(29)23-11-2-3-13(20)12(19)4-11/h2-5,10H,6-9H2,1H3,(H,21,27)(H,23,29). The average molecular weight is 421 g/mol. The molecule has 0 spiro atoms. The summed E-state index contributed by atoms with van der Waals surface area (Å²) < 4.78 is 15.1. The second-order valence-electron chi connectivity index (χ2n) is 6.95. The number of anilines is 2. The van der Waals surface area contributed by atoms with E-state index in [0.717, 1.165) is 0 Å². The summed E-state index contributed by atoms with van der Waals surface area (Å²) in [5.74, 6) is -1.06. The predicted molar refractivity (Wildman–Crippen MR) is 103 cm³/mol. The Morgan fingerprint density at radius 3 is 2.90 bits per heavy atom. The van der Waals surface area contributed by atoms with Crippen LogP contribution in [0, 0.1) is 5.82 Å². The van der Waals surface area contributed by atoms with E-state index >= 15 is 0 Å². The fraction of sp³-hybridized carbons (Fsp3) is 0.333. The lowest BCUT2D eigenvalue weighted by atomic mass is 10.1. The van der Waals surface area contributed by atoms with Crippen LogP contribution in [0.4, 0.5) is 20.6 Å². The van der Waals surface area contributed by atoms with Crippen LogP contribution < -0.4 is 15.5 Å². The molecule has 4 rings (SSSR count). The quantitative estimate of drug-likeness (QED) is 0.770. The van der Waals surface area contributed by atoms with Gasteiger partial charge in [0.25, 0.3) is 0 Å². The van der Waals surface area contributed by atoms with Gasteiger partial charge in [0.05, 0.1) is 48.3 Å². The van der Waals surface area contributed by atoms with Gasteiger partial charge in [0.1, 0.15) is 12.4 Å². The lowest BCUT2D eigenvalue weighted by Crippen LogP contribution is -2.52. The molecule has 9 nitrogen and oxygen atoms in total. The molecular weight excluding hydrogens is 403 g/mol. The zero-order chi connectivity index (χ0) is 20.7. The summed E-state index contributed by atoms with van der Waals surface area (Å²) in [6.45, 7) is 2.34. The van der Waals surface area contributed by atoms with Crippen molar-refractivity contribution in [2.75, 3.05) is 23.3 Å². The van der Waals surface area contributed by atoms with Gasteiger partial charge in [-0.05, 0) is 25.1 Å². The van der Waals surface area contributed by atoms with Crippen LogP contribution in [0.1, 0.15) is 12.6 Å². The number of halogens is 2. The molecule has 2 aromatic rings. The number of urea groups is 1. The molecule has 2 N–H and O–H groups in total. The van der Waals surface area contributed by atoms with Crippen molar-refractivity contribution in [3.05, 3.63) is 40.9 Å². The van der Waals surface area contributed by atoms with E-state index in [1.54, 1.807) is 15.8 Å². The van der Waals surface area contributed by atoms with Crippen molar-refractivity contribution in [3.63, 3.8) is 0 Å². The van der Waals surface area contributed by atoms with Crippen molar-refractivity contribution in [1.82, 2.24) is 20.0 Å². The van der Waals surface area contributed by atoms with Gasteiger partial charge >= 0.3 is 6.03 Å². The Labute approximate surface area is 170 Å². The number of amides is 4. The van der Waals surface area contributed by atoms with Gasteiger partial charge in [-0.3, -0.25) is 19.2 Å². The monoisotopic (exact) mass is 420 g/mol. The topological polar surface area (TPSA) is 99.6 Å². The molecular formula is C18H18ClFN6O3. The van der Waals surface area contributed by atoms with Crippen LogP contribution in [0.25, 0.3) is 0 Å². The highest BCUT2D eigenvalue weighted by molar-refractivity contribution is 6.31. The number of carbonyl (C=O) groups is 3. The zero-order valence-corrected chi connectivity index (χ0v) is 16.2. The molecule has 0 aliphatic carbocycles. The average Bonchev–Trinajstić information content (AvgIpc) is 3.08. The first-order valence-electron chi connectivity index (χ1n) is 8.98. The lowest BCUT2D eigenvalue weighted by Gasteiger charge is -2.35. The fourth-order valence-electron chi connectivity index (χ4n) is 3.43. The summed E-state index contributed by atoms with van der Waals surface area (Å²) >= 11 is 5.77. The molecule has 29 heavy (non-hydrogen) atoms. The van der Waals surface area contributed by atoms with Crippen molar-refractivity contribution in [3.8, 4) is 0 Å². The number of benzene rings is 1. The van der Waals surface area contributed by atoms with E-state index in [1.165, 1.54) is 23.1 Å². The molecule has 1 unspecified atom stereocenters. The van der Waals surface area contributed by atoms with E-state index in [9.17, 15) is 18.8 Å². The second kappa shape index (κ2) is 7.36. The Morgan fingerprint density at radius 1 is 1.34 bits per heavy atom. The Kier molecular flexibility index (Phi) is 4.87. The van der Waals surface area contributed by atoms with E-state index in [2.05, 4.69) is 15.7 Å². The van der Waals surface area contributed by atoms with Crippen LogP contribution in [0.2, 0.25) is 5.02 Å². The smallest absolute Gasteiger partial charge is 0.322 e. The normalized spacial score (nSPS) is 19.1. The minimum absolute atomic E-state index is 0.0740. The number of carbonyl (C=O) groups excluding carboxylic acids is 3. The number of nitrogens with one attached hydrogen (secondary N) is 2. The Balaban J connectivity index is 1.56. The largest absolute Gasteiger partial charge is 0.345 e. The molecule has 0 radical (unpaired) electrons. The molecule has 1 atom stereocenters. The third kappa shape index (κ3) is 3.63. The maximum Gasteiger partial charge on any atom is 0.322 e. The molecule has 4 amide bonds. The van der Waals surface area contributed by atoms with Gasteiger partial charge in [0, 0.05) is 5.69 Å². The van der Waals surface area contributed by atoms with E-state index in [1.807, 2.05) is 6.92 Å². The second-order valence-corrected chi connectivity index (χ2v) is 7.36. The maximum atomic E-state index is 13.3. The van der Waals surface area contributed by atoms with E-state index in [4.69, 9.17) is 11.6 Å². The number of aromatic nitrogens is 2. The van der Waals surface area contributed by atoms with Crippen LogP contribution in [-0.2, 0) is 22.7 Å². The highest BCUT2D eigenvalue weighted by Crippen LogP contribution is 2.28. The van der Waals surface area contributed by atoms with Crippen LogP contribution in [-0.4, -0.2) is 51.7 Å². The third-order valence-corrected chi connectivity index (χ3v) is 5.27. The van der Waals surface area contributed by atoms with Gasteiger partial charge < -0.3 is 15.5 Å². The van der Waals surface area contributed by atoms with E-state index < -0.39 is 5.82 Å². The molecule has 0 saturated carbocycles. The highest BCUT2D eigenvalue weighted by atomic mass is 35.5. The zero-order valence-electron chi connectivity index (χ0n) is 15.5. The van der Waals surface area contributed by atoms with Gasteiger partial charge in [-0.1, -0.05) is 11.6 Å². The summed E-state index contributed by atoms with van der Waals surface area (Å²) in [7, 11) is 0. The first-order valence-corrected chi connectivity index (χ1v) is 9.35. The lowest BCUT2D eigenvalue weighted by molar-refractivity contribution is -0.128. The number of hydrogen-bond donors (Lipinski definition) is 2. The summed E-state index contributed by atoms with van der Waals surface area (Å²) in [4.78, 5) is 39.7. The maximum absolute atomic E-state index is 13.3. The van der Waals surface area contributed by atoms with Crippen molar-refractivity contribution < 1.29 is 18.8 Å². The molecule has 0 bridgehead atoms. The van der Waals surface area contributed by atoms with Gasteiger partial charge in [-0.15, -0.1) is 0 Å². The number of hydrogen-bond acceptors (Lipinski definition) is 4. The summed E-state index contributed by atoms with van der Waals surface area (Å²) in [6.07, 6.45) is 1.54. The highest BCUT2D eigenvalue weighted by Gasteiger charge is 2.34. The summed E-state index contributed by atoms with van der Waals surface area (Å²) in [6, 6.07) is 3.38. The van der Waals surface area contributed by atoms with Gasteiger partial charge in [0.2, 0.25) is 11.8 Å². The number of rotatable bonds is 2. The van der Waals surface area contributed by atoms with Crippen molar-refractivity contribution in [2.24, 2.45) is 0 Å². The Morgan fingerprint density at radius 2 is 2.14 bits per heavy atom. The predicted octanol–water partition coefficient (Wildman–Crippen LogP) is 1.57. The first kappa shape index (κ1) is 19.2. The molecule has 2 aliphatic heterocycles. The van der Waals surface area contributed by atoms with Crippen LogP contribution in [0.5, 0.6) is 0 Å². The molecule has 1 fully saturated rings. The Hall–Kier alpha value is -3.14. The molecule has 1 saturated heterocycles. The van der Waals surface area contributed by atoms with E-state index in [0.29, 0.717) is 23.6 Å². The molecule has 152 valence electrons. The Bertz CT molecular complexity index is 1010.